The van der Waals surface area contributed by atoms with Gasteiger partial charge in [-0.05, 0) is 57.2 Å². The minimum Gasteiger partial charge on any atom is -0.393 e. The molecule has 1 saturated heterocycles. The summed E-state index contributed by atoms with van der Waals surface area (Å²) >= 11 is 0. The van der Waals surface area contributed by atoms with Gasteiger partial charge in [0.1, 0.15) is 0 Å². The molecule has 0 bridgehead atoms. The van der Waals surface area contributed by atoms with E-state index in [2.05, 4.69) is 35.2 Å². The number of likely N-dealkylation sites (tertiary alicyclic amines) is 1. The Bertz CT molecular complexity index is 336. The fraction of sp³-hybridized carbons (Fsp3) is 0.625. The Kier molecular flexibility index (Phi) is 5.21. The third-order valence-corrected chi connectivity index (χ3v) is 4.01. The van der Waals surface area contributed by atoms with Gasteiger partial charge < -0.3 is 10.0 Å². The van der Waals surface area contributed by atoms with Crippen LogP contribution in [0.15, 0.2) is 30.3 Å². The molecule has 2 nitrogen and oxygen atoms in total. The lowest BCUT2D eigenvalue weighted by atomic mass is 9.93. The summed E-state index contributed by atoms with van der Waals surface area (Å²) in [7, 11) is 0. The summed E-state index contributed by atoms with van der Waals surface area (Å²) < 4.78 is 0. The fourth-order valence-electron chi connectivity index (χ4n) is 2.84. The van der Waals surface area contributed by atoms with Crippen molar-refractivity contribution in [2.75, 3.05) is 19.6 Å². The third-order valence-electron chi connectivity index (χ3n) is 4.01. The molecule has 0 radical (unpaired) electrons. The Morgan fingerprint density at radius 1 is 1.33 bits per heavy atom. The van der Waals surface area contributed by atoms with Gasteiger partial charge in [-0.3, -0.25) is 0 Å². The number of aliphatic hydroxyl groups is 1. The first-order valence-electron chi connectivity index (χ1n) is 7.20. The van der Waals surface area contributed by atoms with Crippen LogP contribution in [0.4, 0.5) is 0 Å². The maximum Gasteiger partial charge on any atom is 0.0552 e. The van der Waals surface area contributed by atoms with Crippen LogP contribution >= 0.6 is 0 Å². The van der Waals surface area contributed by atoms with Crippen LogP contribution in [-0.4, -0.2) is 35.7 Å². The lowest BCUT2D eigenvalue weighted by molar-refractivity contribution is 0.0625. The summed E-state index contributed by atoms with van der Waals surface area (Å²) in [6.07, 6.45) is 4.66. The number of hydrogen-bond acceptors (Lipinski definition) is 2. The number of aliphatic hydroxyl groups excluding tert-OH is 1. The zero-order valence-corrected chi connectivity index (χ0v) is 11.4. The largest absolute Gasteiger partial charge is 0.393 e. The second-order valence-electron chi connectivity index (χ2n) is 5.53. The van der Waals surface area contributed by atoms with E-state index < -0.39 is 0 Å². The normalized spacial score (nSPS) is 22.9. The highest BCUT2D eigenvalue weighted by Crippen LogP contribution is 2.19. The quantitative estimate of drug-likeness (QED) is 0.865. The molecule has 1 aliphatic rings. The number of piperidine rings is 1. The van der Waals surface area contributed by atoms with Gasteiger partial charge in [0.05, 0.1) is 6.10 Å². The minimum atomic E-state index is -0.151. The molecule has 1 aromatic rings. The standard InChI is InChI=1S/C16H25NO/c1-14(18)16-10-6-12-17(13-16)11-5-9-15-7-3-2-4-8-15/h2-4,7-8,14,16,18H,5-6,9-13H2,1H3. The van der Waals surface area contributed by atoms with Crippen molar-refractivity contribution < 1.29 is 5.11 Å². The van der Waals surface area contributed by atoms with Crippen LogP contribution in [0.3, 0.4) is 0 Å². The van der Waals surface area contributed by atoms with Crippen LogP contribution in [0.5, 0.6) is 0 Å². The van der Waals surface area contributed by atoms with Crippen LogP contribution in [0, 0.1) is 5.92 Å². The van der Waals surface area contributed by atoms with E-state index in [1.807, 2.05) is 6.92 Å². The Balaban J connectivity index is 1.70. The van der Waals surface area contributed by atoms with E-state index in [1.54, 1.807) is 0 Å². The van der Waals surface area contributed by atoms with Gasteiger partial charge in [0, 0.05) is 6.54 Å². The van der Waals surface area contributed by atoms with Gasteiger partial charge in [-0.1, -0.05) is 30.3 Å². The predicted octanol–water partition coefficient (Wildman–Crippen LogP) is 2.71. The van der Waals surface area contributed by atoms with Gasteiger partial charge in [-0.15, -0.1) is 0 Å². The summed E-state index contributed by atoms with van der Waals surface area (Å²) in [5.41, 5.74) is 1.43. The van der Waals surface area contributed by atoms with Crippen molar-refractivity contribution in [3.8, 4) is 0 Å². The van der Waals surface area contributed by atoms with Crippen LogP contribution in [0.2, 0.25) is 0 Å². The number of nitrogens with zero attached hydrogens (tertiary/aromatic N) is 1. The van der Waals surface area contributed by atoms with E-state index in [0.29, 0.717) is 5.92 Å². The molecule has 0 aliphatic carbocycles. The number of hydrogen-bond donors (Lipinski definition) is 1. The maximum absolute atomic E-state index is 9.67. The topological polar surface area (TPSA) is 23.5 Å². The van der Waals surface area contributed by atoms with Crippen LogP contribution < -0.4 is 0 Å². The SMILES string of the molecule is CC(O)C1CCCN(CCCc2ccccc2)C1. The van der Waals surface area contributed by atoms with E-state index in [4.69, 9.17) is 0 Å². The Morgan fingerprint density at radius 3 is 2.83 bits per heavy atom. The van der Waals surface area contributed by atoms with Crippen molar-refractivity contribution in [1.29, 1.82) is 0 Å². The highest BCUT2D eigenvalue weighted by Gasteiger charge is 2.22. The molecular formula is C16H25NO. The summed E-state index contributed by atoms with van der Waals surface area (Å²) in [5.74, 6) is 0.482. The molecule has 1 aromatic carbocycles. The van der Waals surface area contributed by atoms with Crippen molar-refractivity contribution >= 4 is 0 Å². The molecule has 2 rings (SSSR count). The van der Waals surface area contributed by atoms with Gasteiger partial charge in [-0.2, -0.15) is 0 Å². The van der Waals surface area contributed by atoms with E-state index >= 15 is 0 Å². The zero-order valence-electron chi connectivity index (χ0n) is 11.4. The fourth-order valence-corrected chi connectivity index (χ4v) is 2.84. The first-order chi connectivity index (χ1) is 8.75. The molecule has 1 aliphatic heterocycles. The maximum atomic E-state index is 9.67. The molecule has 2 unspecified atom stereocenters. The summed E-state index contributed by atoms with van der Waals surface area (Å²) in [6.45, 7) is 5.38. The Morgan fingerprint density at radius 2 is 2.11 bits per heavy atom. The summed E-state index contributed by atoms with van der Waals surface area (Å²) in [5, 5.41) is 9.67. The second-order valence-corrected chi connectivity index (χ2v) is 5.53. The van der Waals surface area contributed by atoms with Crippen molar-refractivity contribution in [3.05, 3.63) is 35.9 Å². The van der Waals surface area contributed by atoms with Crippen LogP contribution in [-0.2, 0) is 6.42 Å². The van der Waals surface area contributed by atoms with Gasteiger partial charge in [0.2, 0.25) is 0 Å². The number of rotatable bonds is 5. The van der Waals surface area contributed by atoms with E-state index in [1.165, 1.54) is 31.4 Å². The second kappa shape index (κ2) is 6.91. The van der Waals surface area contributed by atoms with Crippen molar-refractivity contribution in [3.63, 3.8) is 0 Å². The van der Waals surface area contributed by atoms with Gasteiger partial charge in [-0.25, -0.2) is 0 Å². The van der Waals surface area contributed by atoms with Crippen molar-refractivity contribution in [1.82, 2.24) is 4.90 Å². The Hall–Kier alpha value is -0.860. The molecule has 18 heavy (non-hydrogen) atoms. The molecule has 0 aromatic heterocycles. The lowest BCUT2D eigenvalue weighted by Crippen LogP contribution is -2.40. The average Bonchev–Trinajstić information content (AvgIpc) is 2.40. The highest BCUT2D eigenvalue weighted by molar-refractivity contribution is 5.14. The molecule has 1 N–H and O–H groups in total. The van der Waals surface area contributed by atoms with E-state index in [9.17, 15) is 5.11 Å². The van der Waals surface area contributed by atoms with Crippen molar-refractivity contribution in [2.24, 2.45) is 5.92 Å². The molecule has 0 saturated carbocycles. The lowest BCUT2D eigenvalue weighted by Gasteiger charge is -2.34. The average molecular weight is 247 g/mol. The molecule has 100 valence electrons. The number of aryl methyl sites for hydroxylation is 1. The molecule has 0 spiro atoms. The molecular weight excluding hydrogens is 222 g/mol. The number of benzene rings is 1. The van der Waals surface area contributed by atoms with Gasteiger partial charge >= 0.3 is 0 Å². The molecule has 0 amide bonds. The van der Waals surface area contributed by atoms with E-state index in [-0.39, 0.29) is 6.10 Å². The van der Waals surface area contributed by atoms with Gasteiger partial charge in [0.25, 0.3) is 0 Å². The van der Waals surface area contributed by atoms with Crippen molar-refractivity contribution in [2.45, 2.75) is 38.7 Å². The summed E-state index contributed by atoms with van der Waals surface area (Å²) in [6, 6.07) is 10.7. The third kappa shape index (κ3) is 4.11. The van der Waals surface area contributed by atoms with E-state index in [0.717, 1.165) is 19.5 Å². The molecule has 2 heteroatoms. The Labute approximate surface area is 111 Å². The van der Waals surface area contributed by atoms with Crippen LogP contribution in [0.25, 0.3) is 0 Å². The monoisotopic (exact) mass is 247 g/mol. The smallest absolute Gasteiger partial charge is 0.0552 e. The summed E-state index contributed by atoms with van der Waals surface area (Å²) in [4.78, 5) is 2.52. The zero-order chi connectivity index (χ0) is 12.8. The highest BCUT2D eigenvalue weighted by atomic mass is 16.3. The molecule has 2 atom stereocenters. The first-order valence-corrected chi connectivity index (χ1v) is 7.20. The van der Waals surface area contributed by atoms with Crippen LogP contribution in [0.1, 0.15) is 31.7 Å². The first kappa shape index (κ1) is 13.6. The molecule has 1 heterocycles. The molecule has 1 fully saturated rings. The van der Waals surface area contributed by atoms with Gasteiger partial charge in [0.15, 0.2) is 0 Å². The predicted molar refractivity (Wildman–Crippen MR) is 75.6 cm³/mol. The minimum absolute atomic E-state index is 0.151.